The molecule has 2 heterocycles. The molecule has 0 unspecified atom stereocenters. The molecule has 0 amide bonds. The zero-order chi connectivity index (χ0) is 39.1. The van der Waals surface area contributed by atoms with Crippen LogP contribution in [0.15, 0.2) is 224 Å². The summed E-state index contributed by atoms with van der Waals surface area (Å²) in [4.78, 5) is 10.5. The third-order valence-electron chi connectivity index (χ3n) is 11.4. The second-order valence-corrected chi connectivity index (χ2v) is 15.0. The highest BCUT2D eigenvalue weighted by atomic mass is 15.0. The van der Waals surface area contributed by atoms with Gasteiger partial charge in [0.15, 0.2) is 5.82 Å². The van der Waals surface area contributed by atoms with Crippen LogP contribution in [-0.2, 0) is 0 Å². The number of fused-ring (bicyclic) bond motifs is 4. The van der Waals surface area contributed by atoms with Gasteiger partial charge in [-0.15, -0.1) is 0 Å². The molecule has 9 aromatic carbocycles. The third kappa shape index (κ3) is 6.26. The summed E-state index contributed by atoms with van der Waals surface area (Å²) in [6.07, 6.45) is 0. The van der Waals surface area contributed by atoms with E-state index in [0.29, 0.717) is 5.82 Å². The van der Waals surface area contributed by atoms with Crippen molar-refractivity contribution < 1.29 is 0 Å². The van der Waals surface area contributed by atoms with Crippen LogP contribution in [0.1, 0.15) is 0 Å². The summed E-state index contributed by atoms with van der Waals surface area (Å²) in [5, 5.41) is 4.79. The molecule has 0 N–H and O–H groups in total. The van der Waals surface area contributed by atoms with Crippen LogP contribution >= 0.6 is 0 Å². The number of hydrogen-bond acceptors (Lipinski definition) is 2. The van der Waals surface area contributed by atoms with Crippen LogP contribution in [0.5, 0.6) is 0 Å². The van der Waals surface area contributed by atoms with Crippen LogP contribution in [0.3, 0.4) is 0 Å². The minimum Gasteiger partial charge on any atom is -0.309 e. The van der Waals surface area contributed by atoms with Gasteiger partial charge in [0.1, 0.15) is 0 Å². The van der Waals surface area contributed by atoms with Crippen molar-refractivity contribution >= 4 is 32.6 Å². The zero-order valence-electron chi connectivity index (χ0n) is 32.2. The van der Waals surface area contributed by atoms with Gasteiger partial charge in [-0.25, -0.2) is 9.97 Å². The Bertz CT molecular complexity index is 3260. The van der Waals surface area contributed by atoms with Gasteiger partial charge < -0.3 is 4.57 Å². The van der Waals surface area contributed by atoms with Crippen molar-refractivity contribution in [1.82, 2.24) is 14.5 Å². The molecule has 2 aromatic heterocycles. The van der Waals surface area contributed by atoms with Crippen molar-refractivity contribution in [3.63, 3.8) is 0 Å². The lowest BCUT2D eigenvalue weighted by Gasteiger charge is -2.17. The molecule has 0 saturated carbocycles. The molecule has 11 aromatic rings. The Morgan fingerprint density at radius 3 is 1.39 bits per heavy atom. The largest absolute Gasteiger partial charge is 0.309 e. The van der Waals surface area contributed by atoms with Gasteiger partial charge in [-0.1, -0.05) is 182 Å². The Morgan fingerprint density at radius 2 is 0.729 bits per heavy atom. The van der Waals surface area contributed by atoms with Gasteiger partial charge in [0, 0.05) is 33.2 Å². The minimum atomic E-state index is 0.697. The summed E-state index contributed by atoms with van der Waals surface area (Å²) in [5.74, 6) is 0.697. The molecule has 59 heavy (non-hydrogen) atoms. The Balaban J connectivity index is 1.11. The highest BCUT2D eigenvalue weighted by Gasteiger charge is 2.18. The average molecular weight is 752 g/mol. The van der Waals surface area contributed by atoms with E-state index in [-0.39, 0.29) is 0 Å². The van der Waals surface area contributed by atoms with E-state index in [2.05, 4.69) is 211 Å². The molecule has 0 fully saturated rings. The van der Waals surface area contributed by atoms with Crippen LogP contribution in [0.25, 0.3) is 106 Å². The van der Waals surface area contributed by atoms with Gasteiger partial charge >= 0.3 is 0 Å². The summed E-state index contributed by atoms with van der Waals surface area (Å²) in [5.41, 5.74) is 15.3. The van der Waals surface area contributed by atoms with Crippen molar-refractivity contribution in [2.24, 2.45) is 0 Å². The van der Waals surface area contributed by atoms with Crippen molar-refractivity contribution in [3.05, 3.63) is 224 Å². The summed E-state index contributed by atoms with van der Waals surface area (Å²) < 4.78 is 2.41. The van der Waals surface area contributed by atoms with Crippen LogP contribution in [-0.4, -0.2) is 14.5 Å². The summed E-state index contributed by atoms with van der Waals surface area (Å²) in [6.45, 7) is 0. The molecular formula is C56H37N3. The molecule has 0 bridgehead atoms. The molecule has 11 rings (SSSR count). The number of rotatable bonds is 7. The van der Waals surface area contributed by atoms with Gasteiger partial charge in [-0.3, -0.25) is 0 Å². The predicted octanol–water partition coefficient (Wildman–Crippen LogP) is 14.7. The predicted molar refractivity (Wildman–Crippen MR) is 246 cm³/mol. The van der Waals surface area contributed by atoms with Gasteiger partial charge in [-0.05, 0) is 86.6 Å². The normalized spacial score (nSPS) is 11.4. The maximum atomic E-state index is 5.28. The van der Waals surface area contributed by atoms with Crippen molar-refractivity contribution in [2.75, 3.05) is 0 Å². The third-order valence-corrected chi connectivity index (χ3v) is 11.4. The standard InChI is InChI=1S/C56H37N3/c1-4-17-38(18-5-1)41-23-16-24-42(33-41)52-37-53(58-56(57-52)40-21-8-3-9-22-40)49-32-31-46(47-25-10-11-26-48(47)49)44-34-43(39-19-6-2-7-20-39)35-45(36-44)59-54-29-14-12-27-50(54)51-28-13-15-30-55(51)59/h1-37H. The van der Waals surface area contributed by atoms with Gasteiger partial charge in [-0.2, -0.15) is 0 Å². The first-order valence-corrected chi connectivity index (χ1v) is 20.1. The maximum Gasteiger partial charge on any atom is 0.160 e. The smallest absolute Gasteiger partial charge is 0.160 e. The molecule has 0 aliphatic carbocycles. The van der Waals surface area contributed by atoms with E-state index in [4.69, 9.17) is 9.97 Å². The fourth-order valence-electron chi connectivity index (χ4n) is 8.61. The lowest BCUT2D eigenvalue weighted by molar-refractivity contribution is 1.18. The van der Waals surface area contributed by atoms with Crippen LogP contribution in [0.2, 0.25) is 0 Å². The van der Waals surface area contributed by atoms with Crippen molar-refractivity contribution in [2.45, 2.75) is 0 Å². The number of nitrogens with zero attached hydrogens (tertiary/aromatic N) is 3. The Kier molecular flexibility index (Phi) is 8.49. The minimum absolute atomic E-state index is 0.697. The van der Waals surface area contributed by atoms with Crippen molar-refractivity contribution in [1.29, 1.82) is 0 Å². The highest BCUT2D eigenvalue weighted by Crippen LogP contribution is 2.41. The Labute approximate surface area is 343 Å². The van der Waals surface area contributed by atoms with Crippen LogP contribution in [0, 0.1) is 0 Å². The van der Waals surface area contributed by atoms with Crippen LogP contribution < -0.4 is 0 Å². The average Bonchev–Trinajstić information content (AvgIpc) is 3.66. The Hall–Kier alpha value is -7.88. The van der Waals surface area contributed by atoms with E-state index in [1.807, 2.05) is 18.2 Å². The first-order valence-electron chi connectivity index (χ1n) is 20.1. The number of hydrogen-bond donors (Lipinski definition) is 0. The number of para-hydroxylation sites is 2. The molecule has 276 valence electrons. The molecule has 3 heteroatoms. The molecule has 0 spiro atoms. The van der Waals surface area contributed by atoms with Gasteiger partial charge in [0.05, 0.1) is 22.4 Å². The SMILES string of the molecule is c1ccc(-c2cccc(-c3cc(-c4ccc(-c5cc(-c6ccccc6)cc(-n6c7ccccc7c7ccccc76)c5)c5ccccc45)nc(-c4ccccc4)n3)c2)cc1. The second kappa shape index (κ2) is 14.6. The topological polar surface area (TPSA) is 30.7 Å². The summed E-state index contributed by atoms with van der Waals surface area (Å²) in [6, 6.07) is 80.0. The van der Waals surface area contributed by atoms with Gasteiger partial charge in [0.2, 0.25) is 0 Å². The lowest BCUT2D eigenvalue weighted by atomic mass is 9.91. The number of aromatic nitrogens is 3. The van der Waals surface area contributed by atoms with E-state index in [9.17, 15) is 0 Å². The molecule has 3 nitrogen and oxygen atoms in total. The summed E-state index contributed by atoms with van der Waals surface area (Å²) in [7, 11) is 0. The quantitative estimate of drug-likeness (QED) is 0.162. The summed E-state index contributed by atoms with van der Waals surface area (Å²) >= 11 is 0. The van der Waals surface area contributed by atoms with Crippen LogP contribution in [0.4, 0.5) is 0 Å². The molecule has 0 saturated heterocycles. The van der Waals surface area contributed by atoms with Crippen molar-refractivity contribution in [3.8, 4) is 73.0 Å². The monoisotopic (exact) mass is 751 g/mol. The van der Waals surface area contributed by atoms with E-state index >= 15 is 0 Å². The fraction of sp³-hybridized carbons (Fsp3) is 0. The first kappa shape index (κ1) is 34.4. The number of benzene rings is 9. The van der Waals surface area contributed by atoms with Gasteiger partial charge in [0.25, 0.3) is 0 Å². The fourth-order valence-corrected chi connectivity index (χ4v) is 8.61. The van der Waals surface area contributed by atoms with E-state index in [1.54, 1.807) is 0 Å². The second-order valence-electron chi connectivity index (χ2n) is 15.0. The lowest BCUT2D eigenvalue weighted by Crippen LogP contribution is -1.98. The van der Waals surface area contributed by atoms with E-state index in [0.717, 1.165) is 61.2 Å². The zero-order valence-corrected chi connectivity index (χ0v) is 32.2. The molecular weight excluding hydrogens is 715 g/mol. The van der Waals surface area contributed by atoms with E-state index in [1.165, 1.54) is 38.5 Å². The highest BCUT2D eigenvalue weighted by molar-refractivity contribution is 6.10. The molecule has 0 aliphatic rings. The van der Waals surface area contributed by atoms with E-state index < -0.39 is 0 Å². The molecule has 0 radical (unpaired) electrons. The Morgan fingerprint density at radius 1 is 0.271 bits per heavy atom. The first-order chi connectivity index (χ1) is 29.2. The molecule has 0 atom stereocenters. The molecule has 0 aliphatic heterocycles. The maximum absolute atomic E-state index is 5.28.